The third-order valence-corrected chi connectivity index (χ3v) is 6.48. The smallest absolute Gasteiger partial charge is 0.0102 e. The molecule has 2 aliphatic carbocycles. The Morgan fingerprint density at radius 3 is 2.55 bits per heavy atom. The summed E-state index contributed by atoms with van der Waals surface area (Å²) in [6, 6.07) is 7.24. The third kappa shape index (κ3) is 2.03. The summed E-state index contributed by atoms with van der Waals surface area (Å²) < 4.78 is 0. The van der Waals surface area contributed by atoms with E-state index in [1.54, 1.807) is 11.1 Å². The molecule has 0 nitrogen and oxygen atoms in total. The van der Waals surface area contributed by atoms with Gasteiger partial charge in [-0.3, -0.25) is 0 Å². The van der Waals surface area contributed by atoms with Gasteiger partial charge in [0, 0.05) is 0 Å². The van der Waals surface area contributed by atoms with Crippen LogP contribution in [0.1, 0.15) is 81.9 Å². The number of hydrogen-bond donors (Lipinski definition) is 0. The standard InChI is InChI=1S/C20H30/c1-13(2)18-8-9-19-17-12-14(3)6-7-16(17)15(4)10-11-20(18,19)5/h6-7,12-13,15,18-19H,8-11H2,1-5H3/t15-,18+,19+,20?/m0/s1. The summed E-state index contributed by atoms with van der Waals surface area (Å²) in [4.78, 5) is 0. The van der Waals surface area contributed by atoms with E-state index >= 15 is 0 Å². The Hall–Kier alpha value is -0.780. The zero-order valence-corrected chi connectivity index (χ0v) is 13.9. The average Bonchev–Trinajstić information content (AvgIpc) is 2.69. The molecule has 3 rings (SSSR count). The van der Waals surface area contributed by atoms with Gasteiger partial charge in [-0.05, 0) is 72.8 Å². The molecule has 20 heavy (non-hydrogen) atoms. The fourth-order valence-electron chi connectivity index (χ4n) is 5.36. The van der Waals surface area contributed by atoms with Crippen LogP contribution in [0, 0.1) is 24.2 Å². The van der Waals surface area contributed by atoms with Gasteiger partial charge in [0.15, 0.2) is 0 Å². The summed E-state index contributed by atoms with van der Waals surface area (Å²) >= 11 is 0. The summed E-state index contributed by atoms with van der Waals surface area (Å²) in [6.45, 7) is 12.2. The van der Waals surface area contributed by atoms with Crippen LogP contribution in [-0.2, 0) is 0 Å². The third-order valence-electron chi connectivity index (χ3n) is 6.48. The summed E-state index contributed by atoms with van der Waals surface area (Å²) in [7, 11) is 0. The molecule has 0 aromatic heterocycles. The highest BCUT2D eigenvalue weighted by Gasteiger charge is 2.49. The maximum Gasteiger partial charge on any atom is -0.0102 e. The number of fused-ring (bicyclic) bond motifs is 3. The lowest BCUT2D eigenvalue weighted by Gasteiger charge is -2.38. The molecule has 0 amide bonds. The molecule has 2 aliphatic rings. The van der Waals surface area contributed by atoms with E-state index in [-0.39, 0.29) is 0 Å². The van der Waals surface area contributed by atoms with E-state index in [1.165, 1.54) is 31.2 Å². The summed E-state index contributed by atoms with van der Waals surface area (Å²) in [6.07, 6.45) is 5.62. The molecule has 1 aromatic carbocycles. The van der Waals surface area contributed by atoms with Gasteiger partial charge < -0.3 is 0 Å². The molecule has 0 spiro atoms. The molecule has 0 heterocycles. The van der Waals surface area contributed by atoms with E-state index < -0.39 is 0 Å². The zero-order chi connectivity index (χ0) is 14.5. The predicted octanol–water partition coefficient (Wildman–Crippen LogP) is 6.05. The molecule has 0 N–H and O–H groups in total. The van der Waals surface area contributed by atoms with Gasteiger partial charge in [0.1, 0.15) is 0 Å². The Balaban J connectivity index is 2.10. The van der Waals surface area contributed by atoms with Crippen LogP contribution in [-0.4, -0.2) is 0 Å². The predicted molar refractivity (Wildman–Crippen MR) is 87.2 cm³/mol. The Labute approximate surface area is 125 Å². The van der Waals surface area contributed by atoms with Gasteiger partial charge >= 0.3 is 0 Å². The molecule has 110 valence electrons. The van der Waals surface area contributed by atoms with Crippen LogP contribution < -0.4 is 0 Å². The van der Waals surface area contributed by atoms with Gasteiger partial charge in [-0.2, -0.15) is 0 Å². The number of aryl methyl sites for hydroxylation is 1. The first-order chi connectivity index (χ1) is 9.43. The minimum absolute atomic E-state index is 0.529. The van der Waals surface area contributed by atoms with Crippen LogP contribution >= 0.6 is 0 Å². The quantitative estimate of drug-likeness (QED) is 0.583. The van der Waals surface area contributed by atoms with Crippen LogP contribution in [0.25, 0.3) is 0 Å². The van der Waals surface area contributed by atoms with Gasteiger partial charge in [-0.25, -0.2) is 0 Å². The largest absolute Gasteiger partial charge is 0.0625 e. The Morgan fingerprint density at radius 2 is 1.85 bits per heavy atom. The highest BCUT2D eigenvalue weighted by molar-refractivity contribution is 5.39. The zero-order valence-electron chi connectivity index (χ0n) is 13.9. The number of rotatable bonds is 1. The Bertz CT molecular complexity index is 499. The highest BCUT2D eigenvalue weighted by atomic mass is 14.5. The molecule has 1 unspecified atom stereocenters. The molecule has 1 saturated carbocycles. The van der Waals surface area contributed by atoms with E-state index in [1.807, 2.05) is 0 Å². The van der Waals surface area contributed by atoms with Crippen LogP contribution in [0.4, 0.5) is 0 Å². The van der Waals surface area contributed by atoms with Crippen LogP contribution in [0.15, 0.2) is 18.2 Å². The van der Waals surface area contributed by atoms with E-state index in [9.17, 15) is 0 Å². The Kier molecular flexibility index (Phi) is 3.47. The normalized spacial score (nSPS) is 36.6. The molecule has 1 fully saturated rings. The minimum atomic E-state index is 0.529. The highest BCUT2D eigenvalue weighted by Crippen LogP contribution is 2.60. The maximum atomic E-state index is 2.60. The molecule has 0 heteroatoms. The average molecular weight is 270 g/mol. The van der Waals surface area contributed by atoms with Crippen molar-refractivity contribution < 1.29 is 0 Å². The van der Waals surface area contributed by atoms with Crippen LogP contribution in [0.3, 0.4) is 0 Å². The van der Waals surface area contributed by atoms with Gasteiger partial charge in [0.05, 0.1) is 0 Å². The summed E-state index contributed by atoms with van der Waals surface area (Å²) in [5.41, 5.74) is 5.31. The fourth-order valence-corrected chi connectivity index (χ4v) is 5.36. The molecular weight excluding hydrogens is 240 g/mol. The molecule has 0 radical (unpaired) electrons. The van der Waals surface area contributed by atoms with Crippen LogP contribution in [0.5, 0.6) is 0 Å². The number of benzene rings is 1. The first-order valence-corrected chi connectivity index (χ1v) is 8.54. The van der Waals surface area contributed by atoms with Gasteiger partial charge in [-0.15, -0.1) is 0 Å². The maximum absolute atomic E-state index is 2.60. The van der Waals surface area contributed by atoms with Crippen molar-refractivity contribution in [2.45, 2.75) is 72.1 Å². The topological polar surface area (TPSA) is 0 Å². The van der Waals surface area contributed by atoms with Crippen molar-refractivity contribution in [3.8, 4) is 0 Å². The van der Waals surface area contributed by atoms with E-state index in [2.05, 4.69) is 52.8 Å². The van der Waals surface area contributed by atoms with Crippen LogP contribution in [0.2, 0.25) is 0 Å². The lowest BCUT2D eigenvalue weighted by atomic mass is 9.66. The molecule has 0 saturated heterocycles. The van der Waals surface area contributed by atoms with Crippen molar-refractivity contribution in [1.29, 1.82) is 0 Å². The first-order valence-electron chi connectivity index (χ1n) is 8.54. The lowest BCUT2D eigenvalue weighted by Crippen LogP contribution is -2.30. The number of hydrogen-bond acceptors (Lipinski definition) is 0. The molecule has 1 aromatic rings. The van der Waals surface area contributed by atoms with Gasteiger partial charge in [-0.1, -0.05) is 51.5 Å². The van der Waals surface area contributed by atoms with Gasteiger partial charge in [0.2, 0.25) is 0 Å². The van der Waals surface area contributed by atoms with Gasteiger partial charge in [0.25, 0.3) is 0 Å². The minimum Gasteiger partial charge on any atom is -0.0625 e. The lowest BCUT2D eigenvalue weighted by molar-refractivity contribution is 0.139. The molecule has 0 bridgehead atoms. The van der Waals surface area contributed by atoms with Crippen molar-refractivity contribution in [2.24, 2.45) is 17.3 Å². The van der Waals surface area contributed by atoms with E-state index in [0.717, 1.165) is 23.7 Å². The summed E-state index contributed by atoms with van der Waals surface area (Å²) in [5.74, 6) is 3.27. The Morgan fingerprint density at radius 1 is 1.10 bits per heavy atom. The monoisotopic (exact) mass is 270 g/mol. The van der Waals surface area contributed by atoms with E-state index in [0.29, 0.717) is 5.41 Å². The summed E-state index contributed by atoms with van der Waals surface area (Å²) in [5, 5.41) is 0. The second-order valence-corrected chi connectivity index (χ2v) is 8.06. The second-order valence-electron chi connectivity index (χ2n) is 8.06. The SMILES string of the molecule is Cc1ccc2c(c1)[C@H]1CC[C@H](C(C)C)C1(C)CC[C@@H]2C. The molecule has 4 atom stereocenters. The van der Waals surface area contributed by atoms with Crippen molar-refractivity contribution in [1.82, 2.24) is 0 Å². The van der Waals surface area contributed by atoms with Crippen molar-refractivity contribution in [3.05, 3.63) is 34.9 Å². The van der Waals surface area contributed by atoms with Crippen molar-refractivity contribution in [3.63, 3.8) is 0 Å². The second kappa shape index (κ2) is 4.90. The fraction of sp³-hybridized carbons (Fsp3) is 0.700. The van der Waals surface area contributed by atoms with Crippen molar-refractivity contribution >= 4 is 0 Å². The van der Waals surface area contributed by atoms with Crippen molar-refractivity contribution in [2.75, 3.05) is 0 Å². The van der Waals surface area contributed by atoms with E-state index in [4.69, 9.17) is 0 Å². The molecular formula is C20H30. The molecule has 0 aliphatic heterocycles. The first kappa shape index (κ1) is 14.2.